The Labute approximate surface area is 209 Å². The molecule has 0 radical (unpaired) electrons. The van der Waals surface area contributed by atoms with Crippen molar-refractivity contribution in [3.63, 3.8) is 0 Å². The Morgan fingerprint density at radius 3 is 2.56 bits per heavy atom. The van der Waals surface area contributed by atoms with Crippen LogP contribution in [0.5, 0.6) is 0 Å². The standard InChI is InChI=1S/C26H21FN2O6S/c1-15-11-12-19(20(13-15)29(32)33)28-25(30)23(16-7-4-3-5-8-16)35-26(31)24-17(14-34-2)22-18(27)9-6-10-21(22)36-24/h3-13,23H,14H2,1-2H3,(H,28,30)/t23-/m0/s1. The summed E-state index contributed by atoms with van der Waals surface area (Å²) >= 11 is 1.03. The van der Waals surface area contributed by atoms with Crippen LogP contribution >= 0.6 is 11.3 Å². The van der Waals surface area contributed by atoms with E-state index in [1.165, 1.54) is 31.4 Å². The lowest BCUT2D eigenvalue weighted by Gasteiger charge is -2.18. The third kappa shape index (κ3) is 5.09. The Morgan fingerprint density at radius 1 is 1.11 bits per heavy atom. The molecular formula is C26H21FN2O6S. The Bertz CT molecular complexity index is 1450. The van der Waals surface area contributed by atoms with E-state index in [1.807, 2.05) is 0 Å². The van der Waals surface area contributed by atoms with Crippen molar-refractivity contribution >= 4 is 44.7 Å². The van der Waals surface area contributed by atoms with Crippen LogP contribution in [-0.2, 0) is 20.9 Å². The minimum Gasteiger partial charge on any atom is -0.443 e. The Kier molecular flexibility index (Phi) is 7.37. The number of halogens is 1. The van der Waals surface area contributed by atoms with Gasteiger partial charge in [0, 0.05) is 34.4 Å². The molecule has 36 heavy (non-hydrogen) atoms. The summed E-state index contributed by atoms with van der Waals surface area (Å²) in [7, 11) is 1.42. The lowest BCUT2D eigenvalue weighted by atomic mass is 10.1. The van der Waals surface area contributed by atoms with E-state index in [0.29, 0.717) is 21.4 Å². The van der Waals surface area contributed by atoms with E-state index in [1.54, 1.807) is 49.4 Å². The number of nitro benzene ring substituents is 1. The van der Waals surface area contributed by atoms with Crippen LogP contribution in [0.1, 0.15) is 32.5 Å². The van der Waals surface area contributed by atoms with E-state index in [-0.39, 0.29) is 28.2 Å². The van der Waals surface area contributed by atoms with Gasteiger partial charge in [-0.05, 0) is 30.7 Å². The maximum atomic E-state index is 14.6. The van der Waals surface area contributed by atoms with Crippen LogP contribution in [0.2, 0.25) is 0 Å². The molecule has 0 saturated heterocycles. The molecule has 1 atom stereocenters. The monoisotopic (exact) mass is 508 g/mol. The van der Waals surface area contributed by atoms with Gasteiger partial charge in [-0.2, -0.15) is 0 Å². The van der Waals surface area contributed by atoms with Gasteiger partial charge in [0.1, 0.15) is 16.4 Å². The van der Waals surface area contributed by atoms with Gasteiger partial charge in [-0.3, -0.25) is 14.9 Å². The lowest BCUT2D eigenvalue weighted by molar-refractivity contribution is -0.384. The number of aryl methyl sites for hydroxylation is 1. The summed E-state index contributed by atoms with van der Waals surface area (Å²) in [6.45, 7) is 1.65. The third-order valence-electron chi connectivity index (χ3n) is 5.41. The summed E-state index contributed by atoms with van der Waals surface area (Å²) in [5.74, 6) is -2.12. The first kappa shape index (κ1) is 25.0. The summed E-state index contributed by atoms with van der Waals surface area (Å²) in [5.41, 5.74) is 1.01. The molecule has 1 aromatic heterocycles. The molecule has 0 aliphatic heterocycles. The minimum atomic E-state index is -1.43. The van der Waals surface area contributed by atoms with Crippen molar-refractivity contribution in [2.75, 3.05) is 12.4 Å². The molecule has 0 bridgehead atoms. The highest BCUT2D eigenvalue weighted by Gasteiger charge is 2.30. The first-order valence-corrected chi connectivity index (χ1v) is 11.6. The molecule has 10 heteroatoms. The molecule has 1 N–H and O–H groups in total. The molecule has 0 saturated carbocycles. The van der Waals surface area contributed by atoms with Crippen LogP contribution in [0.25, 0.3) is 10.1 Å². The van der Waals surface area contributed by atoms with Crippen molar-refractivity contribution in [3.8, 4) is 0 Å². The highest BCUT2D eigenvalue weighted by Crippen LogP contribution is 2.35. The van der Waals surface area contributed by atoms with Crippen molar-refractivity contribution in [2.24, 2.45) is 0 Å². The number of anilines is 1. The maximum absolute atomic E-state index is 14.6. The number of amides is 1. The van der Waals surface area contributed by atoms with Gasteiger partial charge in [-0.15, -0.1) is 11.3 Å². The number of methoxy groups -OCH3 is 1. The number of fused-ring (bicyclic) bond motifs is 1. The second kappa shape index (κ2) is 10.6. The molecule has 184 valence electrons. The van der Waals surface area contributed by atoms with Gasteiger partial charge >= 0.3 is 5.97 Å². The predicted molar refractivity (Wildman–Crippen MR) is 134 cm³/mol. The molecule has 1 amide bonds. The van der Waals surface area contributed by atoms with Crippen LogP contribution in [0, 0.1) is 22.9 Å². The maximum Gasteiger partial charge on any atom is 0.349 e. The zero-order chi connectivity index (χ0) is 25.8. The number of carbonyl (C=O) groups excluding carboxylic acids is 2. The van der Waals surface area contributed by atoms with Crippen molar-refractivity contribution in [2.45, 2.75) is 19.6 Å². The molecule has 0 fully saturated rings. The number of carbonyl (C=O) groups is 2. The Morgan fingerprint density at radius 2 is 1.86 bits per heavy atom. The van der Waals surface area contributed by atoms with Crippen molar-refractivity contribution in [3.05, 3.63) is 104 Å². The number of rotatable bonds is 8. The summed E-state index contributed by atoms with van der Waals surface area (Å²) in [4.78, 5) is 37.6. The minimum absolute atomic E-state index is 0.0309. The topological polar surface area (TPSA) is 108 Å². The van der Waals surface area contributed by atoms with Gasteiger partial charge in [-0.1, -0.05) is 42.5 Å². The number of ether oxygens (including phenoxy) is 2. The number of hydrogen-bond acceptors (Lipinski definition) is 7. The Hall–Kier alpha value is -4.15. The molecule has 4 rings (SSSR count). The van der Waals surface area contributed by atoms with Crippen LogP contribution < -0.4 is 5.32 Å². The van der Waals surface area contributed by atoms with Gasteiger partial charge in [0.2, 0.25) is 6.10 Å². The fraction of sp³-hybridized carbons (Fsp3) is 0.154. The largest absolute Gasteiger partial charge is 0.443 e. The van der Waals surface area contributed by atoms with Crippen LogP contribution in [0.3, 0.4) is 0 Å². The fourth-order valence-corrected chi connectivity index (χ4v) is 4.88. The Balaban J connectivity index is 1.70. The zero-order valence-corrected chi connectivity index (χ0v) is 20.1. The van der Waals surface area contributed by atoms with Gasteiger partial charge in [0.25, 0.3) is 11.6 Å². The van der Waals surface area contributed by atoms with Crippen LogP contribution in [-0.4, -0.2) is 23.9 Å². The molecule has 3 aromatic carbocycles. The van der Waals surface area contributed by atoms with Crippen LogP contribution in [0.4, 0.5) is 15.8 Å². The summed E-state index contributed by atoms with van der Waals surface area (Å²) in [6.07, 6.45) is -1.43. The highest BCUT2D eigenvalue weighted by atomic mass is 32.1. The number of benzene rings is 3. The van der Waals surface area contributed by atoms with Crippen molar-refractivity contribution in [1.82, 2.24) is 0 Å². The van der Waals surface area contributed by atoms with Gasteiger partial charge < -0.3 is 14.8 Å². The quantitative estimate of drug-likeness (QED) is 0.179. The average Bonchev–Trinajstić information content (AvgIpc) is 3.24. The molecule has 0 aliphatic carbocycles. The summed E-state index contributed by atoms with van der Waals surface area (Å²) in [6, 6.07) is 17.1. The molecule has 0 aliphatic rings. The third-order valence-corrected chi connectivity index (χ3v) is 6.59. The highest BCUT2D eigenvalue weighted by molar-refractivity contribution is 7.21. The molecule has 0 unspecified atom stereocenters. The van der Waals surface area contributed by atoms with Gasteiger partial charge in [0.05, 0.1) is 11.5 Å². The number of esters is 1. The van der Waals surface area contributed by atoms with E-state index in [4.69, 9.17) is 9.47 Å². The van der Waals surface area contributed by atoms with Gasteiger partial charge in [0.15, 0.2) is 0 Å². The summed E-state index contributed by atoms with van der Waals surface area (Å²) < 4.78 is 25.9. The number of nitrogens with zero attached hydrogens (tertiary/aromatic N) is 1. The lowest BCUT2D eigenvalue weighted by Crippen LogP contribution is -2.26. The molecule has 1 heterocycles. The molecule has 8 nitrogen and oxygen atoms in total. The second-order valence-electron chi connectivity index (χ2n) is 7.92. The fourth-order valence-electron chi connectivity index (χ4n) is 3.77. The first-order valence-electron chi connectivity index (χ1n) is 10.8. The number of thiophene rings is 1. The number of nitro groups is 1. The van der Waals surface area contributed by atoms with E-state index < -0.39 is 28.7 Å². The number of hydrogen-bond donors (Lipinski definition) is 1. The SMILES string of the molecule is COCc1c(C(=O)O[C@H](C(=O)Nc2ccc(C)cc2[N+](=O)[O-])c2ccccc2)sc2cccc(F)c12. The van der Waals surface area contributed by atoms with E-state index in [9.17, 15) is 24.1 Å². The molecule has 4 aromatic rings. The smallest absolute Gasteiger partial charge is 0.349 e. The van der Waals surface area contributed by atoms with Crippen molar-refractivity contribution in [1.29, 1.82) is 0 Å². The van der Waals surface area contributed by atoms with Crippen molar-refractivity contribution < 1.29 is 28.4 Å². The predicted octanol–water partition coefficient (Wildman–Crippen LogP) is 5.94. The van der Waals surface area contributed by atoms with Gasteiger partial charge in [-0.25, -0.2) is 9.18 Å². The summed E-state index contributed by atoms with van der Waals surface area (Å²) in [5, 5.41) is 14.3. The molecular weight excluding hydrogens is 487 g/mol. The van der Waals surface area contributed by atoms with Crippen LogP contribution in [0.15, 0.2) is 66.7 Å². The molecule has 0 spiro atoms. The van der Waals surface area contributed by atoms with E-state index >= 15 is 0 Å². The zero-order valence-electron chi connectivity index (χ0n) is 19.3. The average molecular weight is 509 g/mol. The van der Waals surface area contributed by atoms with E-state index in [2.05, 4.69) is 5.32 Å². The normalized spacial score (nSPS) is 11.8. The van der Waals surface area contributed by atoms with E-state index in [0.717, 1.165) is 11.3 Å². The number of nitrogens with one attached hydrogen (secondary N) is 1. The first-order chi connectivity index (χ1) is 17.3. The second-order valence-corrected chi connectivity index (χ2v) is 8.97.